The number of aromatic nitrogens is 2. The van der Waals surface area contributed by atoms with Gasteiger partial charge in [0.2, 0.25) is 0 Å². The van der Waals surface area contributed by atoms with Crippen LogP contribution in [0.15, 0.2) is 53.0 Å². The van der Waals surface area contributed by atoms with Gasteiger partial charge in [-0.1, -0.05) is 35.5 Å². The Hall–Kier alpha value is -2.39. The summed E-state index contributed by atoms with van der Waals surface area (Å²) in [5.41, 5.74) is 6.10. The molecule has 0 radical (unpaired) electrons. The fourth-order valence-electron chi connectivity index (χ4n) is 1.61. The summed E-state index contributed by atoms with van der Waals surface area (Å²) in [5.74, 6) is -0.265. The van der Waals surface area contributed by atoms with E-state index in [1.165, 1.54) is 6.33 Å². The zero-order valence-corrected chi connectivity index (χ0v) is 11.1. The van der Waals surface area contributed by atoms with Crippen molar-refractivity contribution in [3.63, 3.8) is 0 Å². The number of sulfonamides is 1. The molecule has 0 bridgehead atoms. The zero-order valence-electron chi connectivity index (χ0n) is 10.3. The van der Waals surface area contributed by atoms with Gasteiger partial charge in [-0.05, 0) is 5.56 Å². The number of aromatic amines is 1. The van der Waals surface area contributed by atoms with Gasteiger partial charge in [0, 0.05) is 0 Å². The van der Waals surface area contributed by atoms with Crippen LogP contribution in [0.5, 0.6) is 0 Å². The van der Waals surface area contributed by atoms with Gasteiger partial charge in [-0.15, -0.1) is 0 Å². The lowest BCUT2D eigenvalue weighted by Gasteiger charge is -2.17. The first-order chi connectivity index (χ1) is 9.54. The first kappa shape index (κ1) is 14.0. The van der Waals surface area contributed by atoms with Crippen molar-refractivity contribution >= 4 is 15.9 Å². The van der Waals surface area contributed by atoms with Crippen molar-refractivity contribution in [2.45, 2.75) is 11.1 Å². The van der Waals surface area contributed by atoms with Crippen molar-refractivity contribution < 1.29 is 13.6 Å². The third kappa shape index (κ3) is 2.95. The molecule has 1 heterocycles. The lowest BCUT2D eigenvalue weighted by molar-refractivity contribution is 0.315. The lowest BCUT2D eigenvalue weighted by atomic mass is 10.1. The number of hydrogen-bond donors (Lipinski definition) is 4. The van der Waals surface area contributed by atoms with Gasteiger partial charge in [-0.25, -0.2) is 13.4 Å². The van der Waals surface area contributed by atoms with Gasteiger partial charge in [-0.3, -0.25) is 0 Å². The molecule has 0 aliphatic carbocycles. The molecule has 2 aromatic rings. The third-order valence-electron chi connectivity index (χ3n) is 2.58. The molecule has 0 saturated carbocycles. The summed E-state index contributed by atoms with van der Waals surface area (Å²) in [6, 6.07) is 7.57. The van der Waals surface area contributed by atoms with E-state index in [-0.39, 0.29) is 10.9 Å². The number of amidine groups is 1. The molecule has 1 atom stereocenters. The Labute approximate surface area is 115 Å². The first-order valence-corrected chi connectivity index (χ1v) is 7.06. The van der Waals surface area contributed by atoms with E-state index in [0.717, 1.165) is 6.20 Å². The van der Waals surface area contributed by atoms with Crippen LogP contribution in [-0.2, 0) is 10.0 Å². The van der Waals surface area contributed by atoms with Gasteiger partial charge in [-0.2, -0.15) is 4.72 Å². The van der Waals surface area contributed by atoms with Gasteiger partial charge in [0.25, 0.3) is 10.0 Å². The lowest BCUT2D eigenvalue weighted by Crippen LogP contribution is -2.37. The molecule has 1 aromatic heterocycles. The predicted molar refractivity (Wildman–Crippen MR) is 71.5 cm³/mol. The van der Waals surface area contributed by atoms with Crippen LogP contribution >= 0.6 is 0 Å². The van der Waals surface area contributed by atoms with Gasteiger partial charge in [0.15, 0.2) is 10.9 Å². The summed E-state index contributed by atoms with van der Waals surface area (Å²) in [6.07, 6.45) is 2.41. The van der Waals surface area contributed by atoms with E-state index in [4.69, 9.17) is 10.9 Å². The van der Waals surface area contributed by atoms with Gasteiger partial charge >= 0.3 is 0 Å². The Morgan fingerprint density at radius 2 is 2.10 bits per heavy atom. The molecule has 0 aliphatic rings. The van der Waals surface area contributed by atoms with Crippen LogP contribution in [0.2, 0.25) is 0 Å². The Morgan fingerprint density at radius 1 is 1.40 bits per heavy atom. The molecule has 8 nitrogen and oxygen atoms in total. The molecule has 0 fully saturated rings. The second-order valence-electron chi connectivity index (χ2n) is 3.91. The molecular formula is C11H13N5O3S. The average molecular weight is 295 g/mol. The highest BCUT2D eigenvalue weighted by Crippen LogP contribution is 2.16. The van der Waals surface area contributed by atoms with E-state index in [2.05, 4.69) is 19.8 Å². The van der Waals surface area contributed by atoms with E-state index in [9.17, 15) is 8.42 Å². The summed E-state index contributed by atoms with van der Waals surface area (Å²) >= 11 is 0. The molecule has 0 saturated heterocycles. The molecule has 9 heteroatoms. The fourth-order valence-corrected chi connectivity index (χ4v) is 2.71. The number of rotatable bonds is 5. The summed E-state index contributed by atoms with van der Waals surface area (Å²) in [5, 5.41) is 11.6. The number of nitrogens with zero attached hydrogens (tertiary/aromatic N) is 2. The summed E-state index contributed by atoms with van der Waals surface area (Å²) in [4.78, 5) is 6.13. The maximum Gasteiger partial charge on any atom is 0.258 e. The molecule has 2 rings (SSSR count). The van der Waals surface area contributed by atoms with E-state index in [0.29, 0.717) is 5.56 Å². The molecule has 0 amide bonds. The molecule has 1 aromatic carbocycles. The number of oxime groups is 1. The molecule has 1 unspecified atom stereocenters. The van der Waals surface area contributed by atoms with Crippen LogP contribution in [0.3, 0.4) is 0 Å². The van der Waals surface area contributed by atoms with Crippen LogP contribution in [0, 0.1) is 0 Å². The average Bonchev–Trinajstić information content (AvgIpc) is 3.00. The Balaban J connectivity index is 2.35. The van der Waals surface area contributed by atoms with Crippen molar-refractivity contribution in [2.75, 3.05) is 0 Å². The summed E-state index contributed by atoms with van der Waals surface area (Å²) in [7, 11) is -3.86. The molecule has 0 spiro atoms. The Kier molecular flexibility index (Phi) is 4.01. The topological polar surface area (TPSA) is 133 Å². The van der Waals surface area contributed by atoms with E-state index in [1.807, 2.05) is 0 Å². The maximum absolute atomic E-state index is 12.1. The van der Waals surface area contributed by atoms with E-state index in [1.54, 1.807) is 30.3 Å². The molecular weight excluding hydrogens is 282 g/mol. The molecule has 0 aliphatic heterocycles. The van der Waals surface area contributed by atoms with Crippen LogP contribution < -0.4 is 10.5 Å². The third-order valence-corrected chi connectivity index (χ3v) is 3.93. The maximum atomic E-state index is 12.1. The highest BCUT2D eigenvalue weighted by molar-refractivity contribution is 7.89. The number of H-pyrrole nitrogens is 1. The number of benzene rings is 1. The van der Waals surface area contributed by atoms with Gasteiger partial charge in [0.05, 0.1) is 12.5 Å². The Bertz CT molecular complexity index is 682. The number of nitrogens with one attached hydrogen (secondary N) is 2. The monoisotopic (exact) mass is 295 g/mol. The highest BCUT2D eigenvalue weighted by Gasteiger charge is 2.25. The first-order valence-electron chi connectivity index (χ1n) is 5.57. The fraction of sp³-hybridized carbons (Fsp3) is 0.0909. The molecule has 20 heavy (non-hydrogen) atoms. The van der Waals surface area contributed by atoms with Crippen molar-refractivity contribution in [2.24, 2.45) is 10.9 Å². The van der Waals surface area contributed by atoms with E-state index < -0.39 is 16.1 Å². The van der Waals surface area contributed by atoms with Crippen molar-refractivity contribution in [3.05, 3.63) is 48.4 Å². The summed E-state index contributed by atoms with van der Waals surface area (Å²) in [6.45, 7) is 0. The Morgan fingerprint density at radius 3 is 2.65 bits per heavy atom. The van der Waals surface area contributed by atoms with Crippen LogP contribution in [0.25, 0.3) is 0 Å². The summed E-state index contributed by atoms with van der Waals surface area (Å²) < 4.78 is 26.6. The SMILES string of the molecule is NC(=NO)C(NS(=O)(=O)c1cnc[nH]1)c1ccccc1. The minimum absolute atomic E-state index is 0.107. The zero-order chi connectivity index (χ0) is 14.6. The second-order valence-corrected chi connectivity index (χ2v) is 5.59. The number of hydrogen-bond acceptors (Lipinski definition) is 5. The van der Waals surface area contributed by atoms with E-state index >= 15 is 0 Å². The van der Waals surface area contributed by atoms with Gasteiger partial charge < -0.3 is 15.9 Å². The standard InChI is InChI=1S/C11H13N5O3S/c12-11(15-17)10(8-4-2-1-3-5-8)16-20(18,19)9-6-13-7-14-9/h1-7,10,16-17H,(H2,12,15)(H,13,14). The molecule has 106 valence electrons. The van der Waals surface area contributed by atoms with Crippen molar-refractivity contribution in [1.29, 1.82) is 0 Å². The normalized spacial score (nSPS) is 14.1. The van der Waals surface area contributed by atoms with Crippen molar-refractivity contribution in [3.8, 4) is 0 Å². The number of nitrogens with two attached hydrogens (primary N) is 1. The highest BCUT2D eigenvalue weighted by atomic mass is 32.2. The minimum Gasteiger partial charge on any atom is -0.409 e. The quantitative estimate of drug-likeness (QED) is 0.270. The second kappa shape index (κ2) is 5.72. The largest absolute Gasteiger partial charge is 0.409 e. The van der Waals surface area contributed by atoms with Crippen LogP contribution in [0.4, 0.5) is 0 Å². The van der Waals surface area contributed by atoms with Crippen LogP contribution in [0.1, 0.15) is 11.6 Å². The van der Waals surface area contributed by atoms with Crippen LogP contribution in [-0.4, -0.2) is 29.4 Å². The minimum atomic E-state index is -3.86. The smallest absolute Gasteiger partial charge is 0.258 e. The number of imidazole rings is 1. The van der Waals surface area contributed by atoms with Crippen molar-refractivity contribution in [1.82, 2.24) is 14.7 Å². The molecule has 5 N–H and O–H groups in total. The predicted octanol–water partition coefficient (Wildman–Crippen LogP) is 0.176. The van der Waals surface area contributed by atoms with Gasteiger partial charge in [0.1, 0.15) is 6.04 Å².